The van der Waals surface area contributed by atoms with Gasteiger partial charge in [0.05, 0.1) is 16.9 Å². The number of thiazole rings is 1. The van der Waals surface area contributed by atoms with Crippen molar-refractivity contribution in [1.29, 1.82) is 5.26 Å². The molecule has 1 fully saturated rings. The molecule has 3 aromatic heterocycles. The predicted molar refractivity (Wildman–Crippen MR) is 145 cm³/mol. The largest absolute Gasteiger partial charge is 0.351 e. The molecule has 12 nitrogen and oxygen atoms in total. The molecule has 1 saturated heterocycles. The molecule has 1 amide bonds. The highest BCUT2D eigenvalue weighted by atomic mass is 35.5. The summed E-state index contributed by atoms with van der Waals surface area (Å²) < 4.78 is 0. The van der Waals surface area contributed by atoms with Crippen molar-refractivity contribution in [2.75, 3.05) is 46.6 Å². The van der Waals surface area contributed by atoms with E-state index in [2.05, 4.69) is 46.6 Å². The molecule has 1 aliphatic heterocycles. The summed E-state index contributed by atoms with van der Waals surface area (Å²) in [6.07, 6.45) is 4.59. The molecule has 0 radical (unpaired) electrons. The first-order valence-electron chi connectivity index (χ1n) is 11.6. The van der Waals surface area contributed by atoms with Crippen LogP contribution in [0.4, 0.5) is 28.5 Å². The number of hydrogen-bond acceptors (Lipinski definition) is 12. The number of benzene rings is 1. The Hall–Kier alpha value is -4.41. The number of carbonyl (C=O) groups is 1. The van der Waals surface area contributed by atoms with Crippen LogP contribution in [0.25, 0.3) is 0 Å². The molecule has 1 aliphatic rings. The number of hydrogen-bond donors (Lipinski definition) is 2. The van der Waals surface area contributed by atoms with Crippen LogP contribution in [-0.4, -0.2) is 62.0 Å². The Kier molecular flexibility index (Phi) is 7.25. The Labute approximate surface area is 227 Å². The summed E-state index contributed by atoms with van der Waals surface area (Å²) in [5, 5.41) is 16.2. The predicted octanol–water partition coefficient (Wildman–Crippen LogP) is 3.58. The van der Waals surface area contributed by atoms with Gasteiger partial charge in [-0.05, 0) is 25.5 Å². The quantitative estimate of drug-likeness (QED) is 0.364. The van der Waals surface area contributed by atoms with Crippen molar-refractivity contribution in [1.82, 2.24) is 29.9 Å². The average Bonchev–Trinajstić information content (AvgIpc) is 3.39. The highest BCUT2D eigenvalue weighted by Crippen LogP contribution is 2.28. The Balaban J connectivity index is 1.25. The van der Waals surface area contributed by atoms with Gasteiger partial charge < -0.3 is 15.1 Å². The van der Waals surface area contributed by atoms with E-state index in [9.17, 15) is 10.1 Å². The number of carbonyl (C=O) groups excluding carboxylic acids is 1. The average molecular weight is 548 g/mol. The number of para-hydroxylation sites is 1. The van der Waals surface area contributed by atoms with Crippen molar-refractivity contribution in [2.45, 2.75) is 13.8 Å². The van der Waals surface area contributed by atoms with Crippen molar-refractivity contribution in [3.8, 4) is 6.07 Å². The van der Waals surface area contributed by atoms with Gasteiger partial charge in [-0.15, -0.1) is 0 Å². The number of halogens is 1. The number of aryl methyl sites for hydroxylation is 2. The number of piperazine rings is 1. The van der Waals surface area contributed by atoms with E-state index in [4.69, 9.17) is 11.6 Å². The SMILES string of the molecule is Cc1nc(Nc2ncc(C(=O)Nc3c(C)cccc3Cl)s2)nc(N2CCN(c3nccnc3C#N)CC2)n1. The van der Waals surface area contributed by atoms with E-state index in [1.807, 2.05) is 28.9 Å². The van der Waals surface area contributed by atoms with Gasteiger partial charge in [-0.2, -0.15) is 20.2 Å². The molecule has 2 N–H and O–H groups in total. The summed E-state index contributed by atoms with van der Waals surface area (Å²) >= 11 is 7.41. The van der Waals surface area contributed by atoms with E-state index >= 15 is 0 Å². The fourth-order valence-electron chi connectivity index (χ4n) is 3.92. The summed E-state index contributed by atoms with van der Waals surface area (Å²) in [5.74, 6) is 1.68. The fourth-order valence-corrected chi connectivity index (χ4v) is 4.90. The lowest BCUT2D eigenvalue weighted by Crippen LogP contribution is -2.47. The first-order valence-corrected chi connectivity index (χ1v) is 12.8. The van der Waals surface area contributed by atoms with E-state index in [0.29, 0.717) is 76.1 Å². The van der Waals surface area contributed by atoms with Gasteiger partial charge in [-0.1, -0.05) is 35.1 Å². The van der Waals surface area contributed by atoms with Gasteiger partial charge >= 0.3 is 0 Å². The first kappa shape index (κ1) is 25.2. The number of amides is 1. The van der Waals surface area contributed by atoms with Crippen LogP contribution >= 0.6 is 22.9 Å². The molecule has 0 aliphatic carbocycles. The fraction of sp³-hybridized carbons (Fsp3) is 0.250. The third kappa shape index (κ3) is 5.46. The maximum Gasteiger partial charge on any atom is 0.267 e. The summed E-state index contributed by atoms with van der Waals surface area (Å²) in [6.45, 7) is 6.20. The highest BCUT2D eigenvalue weighted by molar-refractivity contribution is 7.17. The van der Waals surface area contributed by atoms with Gasteiger partial charge in [0.2, 0.25) is 11.9 Å². The Morgan fingerprint density at radius 3 is 2.58 bits per heavy atom. The molecule has 5 rings (SSSR count). The van der Waals surface area contributed by atoms with E-state index < -0.39 is 0 Å². The van der Waals surface area contributed by atoms with Gasteiger partial charge in [-0.25, -0.2) is 15.0 Å². The summed E-state index contributed by atoms with van der Waals surface area (Å²) in [6, 6.07) is 7.52. The lowest BCUT2D eigenvalue weighted by atomic mass is 10.2. The highest BCUT2D eigenvalue weighted by Gasteiger charge is 2.23. The Bertz CT molecular complexity index is 1510. The second-order valence-corrected chi connectivity index (χ2v) is 9.80. The van der Waals surface area contributed by atoms with Crippen molar-refractivity contribution in [3.05, 3.63) is 63.8 Å². The zero-order valence-corrected chi connectivity index (χ0v) is 22.1. The van der Waals surface area contributed by atoms with Gasteiger partial charge in [0, 0.05) is 38.6 Å². The van der Waals surface area contributed by atoms with Gasteiger partial charge in [-0.3, -0.25) is 10.1 Å². The zero-order valence-electron chi connectivity index (χ0n) is 20.5. The number of nitrogens with zero attached hydrogens (tertiary/aromatic N) is 9. The lowest BCUT2D eigenvalue weighted by molar-refractivity contribution is 0.103. The molecule has 14 heteroatoms. The second kappa shape index (κ2) is 10.9. The molecule has 4 heterocycles. The minimum Gasteiger partial charge on any atom is -0.351 e. The number of nitriles is 1. The maximum absolute atomic E-state index is 12.8. The van der Waals surface area contributed by atoms with Crippen molar-refractivity contribution >= 4 is 57.4 Å². The topological polar surface area (TPSA) is 149 Å². The smallest absolute Gasteiger partial charge is 0.267 e. The Morgan fingerprint density at radius 2 is 1.82 bits per heavy atom. The molecular weight excluding hydrogens is 526 g/mol. The van der Waals surface area contributed by atoms with E-state index in [1.54, 1.807) is 19.2 Å². The van der Waals surface area contributed by atoms with Crippen molar-refractivity contribution in [2.24, 2.45) is 0 Å². The van der Waals surface area contributed by atoms with Crippen LogP contribution in [0.15, 0.2) is 36.8 Å². The molecule has 0 bridgehead atoms. The molecule has 0 atom stereocenters. The number of rotatable bonds is 6. The third-order valence-corrected chi connectivity index (χ3v) is 7.02. The van der Waals surface area contributed by atoms with Crippen molar-refractivity contribution < 1.29 is 4.79 Å². The first-order chi connectivity index (χ1) is 18.4. The molecule has 0 spiro atoms. The van der Waals surface area contributed by atoms with E-state index in [-0.39, 0.29) is 5.91 Å². The summed E-state index contributed by atoms with van der Waals surface area (Å²) in [5.41, 5.74) is 1.75. The lowest BCUT2D eigenvalue weighted by Gasteiger charge is -2.35. The molecule has 4 aromatic rings. The summed E-state index contributed by atoms with van der Waals surface area (Å²) in [7, 11) is 0. The normalized spacial score (nSPS) is 13.2. The molecular formula is C24H22ClN11OS. The minimum atomic E-state index is -0.306. The Morgan fingerprint density at radius 1 is 1.05 bits per heavy atom. The number of nitrogens with one attached hydrogen (secondary N) is 2. The van der Waals surface area contributed by atoms with Crippen LogP contribution in [0.3, 0.4) is 0 Å². The van der Waals surface area contributed by atoms with Crippen LogP contribution in [-0.2, 0) is 0 Å². The van der Waals surface area contributed by atoms with Gasteiger partial charge in [0.15, 0.2) is 16.6 Å². The molecule has 192 valence electrons. The zero-order chi connectivity index (χ0) is 26.6. The minimum absolute atomic E-state index is 0.306. The molecule has 0 unspecified atom stereocenters. The van der Waals surface area contributed by atoms with Crippen LogP contribution in [0.5, 0.6) is 0 Å². The van der Waals surface area contributed by atoms with Crippen LogP contribution in [0.2, 0.25) is 5.02 Å². The number of aromatic nitrogens is 6. The third-order valence-electron chi connectivity index (χ3n) is 5.79. The molecule has 38 heavy (non-hydrogen) atoms. The standard InChI is InChI=1S/C24H22ClN11OS/c1-14-4-3-5-16(25)19(14)32-21(37)18-13-29-24(38-18)34-22-30-15(2)31-23(33-22)36-10-8-35(9-11-36)20-17(12-26)27-6-7-28-20/h3-7,13H,8-11H2,1-2H3,(H,32,37)(H,29,30,31,33,34). The molecule has 0 saturated carbocycles. The van der Waals surface area contributed by atoms with Crippen LogP contribution < -0.4 is 20.4 Å². The van der Waals surface area contributed by atoms with E-state index in [0.717, 1.165) is 5.56 Å². The van der Waals surface area contributed by atoms with Crippen molar-refractivity contribution in [3.63, 3.8) is 0 Å². The van der Waals surface area contributed by atoms with Gasteiger partial charge in [0.1, 0.15) is 16.8 Å². The second-order valence-electron chi connectivity index (χ2n) is 8.36. The van der Waals surface area contributed by atoms with Gasteiger partial charge in [0.25, 0.3) is 5.91 Å². The molecule has 1 aromatic carbocycles. The van der Waals surface area contributed by atoms with Crippen LogP contribution in [0.1, 0.15) is 26.8 Å². The summed E-state index contributed by atoms with van der Waals surface area (Å²) in [4.78, 5) is 43.4. The van der Waals surface area contributed by atoms with Crippen LogP contribution in [0, 0.1) is 25.2 Å². The maximum atomic E-state index is 12.8. The monoisotopic (exact) mass is 547 g/mol. The number of anilines is 5. The van der Waals surface area contributed by atoms with E-state index in [1.165, 1.54) is 23.7 Å².